The first kappa shape index (κ1) is 15.4. The third-order valence-corrected chi connectivity index (χ3v) is 3.79. The molecule has 0 spiro atoms. The summed E-state index contributed by atoms with van der Waals surface area (Å²) >= 11 is 0. The van der Waals surface area contributed by atoms with Crippen molar-refractivity contribution in [2.75, 3.05) is 6.61 Å². The first-order chi connectivity index (χ1) is 10.4. The van der Waals surface area contributed by atoms with Gasteiger partial charge in [-0.15, -0.1) is 0 Å². The zero-order chi connectivity index (χ0) is 16.1. The van der Waals surface area contributed by atoms with Crippen LogP contribution in [0.2, 0.25) is 0 Å². The van der Waals surface area contributed by atoms with Gasteiger partial charge in [-0.3, -0.25) is 14.3 Å². The number of hydrogen-bond donors (Lipinski definition) is 3. The van der Waals surface area contributed by atoms with Gasteiger partial charge in [-0.2, -0.15) is 0 Å². The van der Waals surface area contributed by atoms with Crippen LogP contribution in [0.4, 0.5) is 0 Å². The minimum atomic E-state index is -0.865. The molecule has 3 rings (SSSR count). The van der Waals surface area contributed by atoms with Crippen molar-refractivity contribution in [3.8, 4) is 0 Å². The van der Waals surface area contributed by atoms with Gasteiger partial charge < -0.3 is 24.4 Å². The molecule has 9 nitrogen and oxygen atoms in total. The van der Waals surface area contributed by atoms with Crippen LogP contribution in [0.25, 0.3) is 0 Å². The quantitative estimate of drug-likeness (QED) is 0.616. The van der Waals surface area contributed by atoms with Crippen molar-refractivity contribution in [1.29, 1.82) is 0 Å². The van der Waals surface area contributed by atoms with Gasteiger partial charge >= 0.3 is 5.69 Å². The third-order valence-electron chi connectivity index (χ3n) is 3.79. The minimum absolute atomic E-state index is 0.0328. The smallest absolute Gasteiger partial charge is 0.330 e. The summed E-state index contributed by atoms with van der Waals surface area (Å²) in [5, 5.41) is 18.6. The highest BCUT2D eigenvalue weighted by Crippen LogP contribution is 2.42. The van der Waals surface area contributed by atoms with Crippen molar-refractivity contribution in [3.63, 3.8) is 0 Å². The minimum Gasteiger partial charge on any atom is -0.394 e. The zero-order valence-electron chi connectivity index (χ0n) is 12.2. The topological polar surface area (TPSA) is 123 Å². The van der Waals surface area contributed by atoms with Gasteiger partial charge in [-0.05, 0) is 13.8 Å². The van der Waals surface area contributed by atoms with E-state index in [4.69, 9.17) is 14.2 Å². The molecule has 2 fully saturated rings. The molecule has 22 heavy (non-hydrogen) atoms. The lowest BCUT2D eigenvalue weighted by molar-refractivity contribution is -0.200. The van der Waals surface area contributed by atoms with E-state index in [2.05, 4.69) is 4.98 Å². The number of aliphatic hydroxyl groups is 2. The summed E-state index contributed by atoms with van der Waals surface area (Å²) in [6, 6.07) is 0. The summed E-state index contributed by atoms with van der Waals surface area (Å²) < 4.78 is 18.2. The van der Waals surface area contributed by atoms with E-state index in [0.29, 0.717) is 0 Å². The Morgan fingerprint density at radius 2 is 1.95 bits per heavy atom. The predicted molar refractivity (Wildman–Crippen MR) is 72.1 cm³/mol. The molecule has 0 radical (unpaired) electrons. The summed E-state index contributed by atoms with van der Waals surface area (Å²) in [6.45, 7) is 2.65. The van der Waals surface area contributed by atoms with E-state index in [1.54, 1.807) is 13.8 Å². The summed E-state index contributed by atoms with van der Waals surface area (Å²) in [7, 11) is 0. The van der Waals surface area contributed by atoms with E-state index < -0.39 is 48.2 Å². The predicted octanol–water partition coefficient (Wildman–Crippen LogP) is -1.56. The number of nitrogens with zero attached hydrogens (tertiary/aromatic N) is 1. The molecule has 1 aromatic rings. The lowest BCUT2D eigenvalue weighted by atomic mass is 10.1. The highest BCUT2D eigenvalue weighted by Gasteiger charge is 2.55. The summed E-state index contributed by atoms with van der Waals surface area (Å²) in [5.41, 5.74) is -1.30. The van der Waals surface area contributed by atoms with Crippen molar-refractivity contribution < 1.29 is 24.4 Å². The Morgan fingerprint density at radius 3 is 2.59 bits per heavy atom. The van der Waals surface area contributed by atoms with E-state index in [1.807, 2.05) is 0 Å². The van der Waals surface area contributed by atoms with Gasteiger partial charge in [0.15, 0.2) is 12.0 Å². The monoisotopic (exact) mass is 314 g/mol. The highest BCUT2D eigenvalue weighted by atomic mass is 16.8. The van der Waals surface area contributed by atoms with Gasteiger partial charge in [-0.25, -0.2) is 4.79 Å². The Morgan fingerprint density at radius 1 is 1.27 bits per heavy atom. The Labute approximate surface area is 125 Å². The number of rotatable bonds is 3. The zero-order valence-corrected chi connectivity index (χ0v) is 12.2. The maximum atomic E-state index is 12.0. The van der Waals surface area contributed by atoms with Crippen LogP contribution < -0.4 is 11.2 Å². The van der Waals surface area contributed by atoms with E-state index >= 15 is 0 Å². The van der Waals surface area contributed by atoms with Gasteiger partial charge in [0.2, 0.25) is 0 Å². The number of ether oxygens (including phenoxy) is 3. The second-order valence-electron chi connectivity index (χ2n) is 5.79. The molecule has 4 atom stereocenters. The lowest BCUT2D eigenvalue weighted by Gasteiger charge is -2.24. The van der Waals surface area contributed by atoms with Gasteiger partial charge in [-0.1, -0.05) is 0 Å². The third kappa shape index (κ3) is 2.40. The molecule has 0 amide bonds. The van der Waals surface area contributed by atoms with Crippen molar-refractivity contribution >= 4 is 0 Å². The summed E-state index contributed by atoms with van der Waals surface area (Å²) in [6.07, 6.45) is -1.41. The number of aromatic amines is 1. The molecular weight excluding hydrogens is 296 g/mol. The normalized spacial score (nSPS) is 33.1. The number of aliphatic hydroxyl groups excluding tert-OH is 2. The molecule has 2 aliphatic rings. The lowest BCUT2D eigenvalue weighted by Crippen LogP contribution is -2.38. The van der Waals surface area contributed by atoms with Crippen molar-refractivity contribution in [2.24, 2.45) is 0 Å². The average Bonchev–Trinajstić information content (AvgIpc) is 2.92. The first-order valence-electron chi connectivity index (χ1n) is 6.93. The number of aromatic nitrogens is 2. The molecule has 2 aliphatic heterocycles. The molecule has 0 bridgehead atoms. The van der Waals surface area contributed by atoms with E-state index in [-0.39, 0.29) is 12.2 Å². The molecule has 1 aromatic heterocycles. The van der Waals surface area contributed by atoms with Crippen LogP contribution in [0, 0.1) is 0 Å². The van der Waals surface area contributed by atoms with Gasteiger partial charge in [0.1, 0.15) is 18.3 Å². The van der Waals surface area contributed by atoms with E-state index in [0.717, 1.165) is 4.57 Å². The fourth-order valence-corrected chi connectivity index (χ4v) is 2.86. The second-order valence-corrected chi connectivity index (χ2v) is 5.79. The molecule has 9 heteroatoms. The average molecular weight is 314 g/mol. The maximum Gasteiger partial charge on any atom is 0.330 e. The fourth-order valence-electron chi connectivity index (χ4n) is 2.86. The second kappa shape index (κ2) is 5.28. The largest absolute Gasteiger partial charge is 0.394 e. The van der Waals surface area contributed by atoms with Crippen LogP contribution >= 0.6 is 0 Å². The Kier molecular flexibility index (Phi) is 3.69. The van der Waals surface area contributed by atoms with Gasteiger partial charge in [0.05, 0.1) is 18.8 Å². The van der Waals surface area contributed by atoms with Crippen molar-refractivity contribution in [1.82, 2.24) is 9.55 Å². The molecule has 3 N–H and O–H groups in total. The van der Waals surface area contributed by atoms with Crippen LogP contribution in [0.3, 0.4) is 0 Å². The molecular formula is C13H18N2O7. The number of nitrogens with one attached hydrogen (secondary N) is 1. The number of hydrogen-bond acceptors (Lipinski definition) is 7. The van der Waals surface area contributed by atoms with Crippen LogP contribution in [0.5, 0.6) is 0 Å². The number of fused-ring (bicyclic) bond motifs is 1. The molecule has 3 heterocycles. The van der Waals surface area contributed by atoms with E-state index in [1.165, 1.54) is 6.20 Å². The van der Waals surface area contributed by atoms with Crippen LogP contribution in [-0.4, -0.2) is 50.5 Å². The molecule has 122 valence electrons. The Balaban J connectivity index is 2.02. The van der Waals surface area contributed by atoms with Gasteiger partial charge in [0, 0.05) is 6.20 Å². The van der Waals surface area contributed by atoms with Crippen LogP contribution in [-0.2, 0) is 20.8 Å². The maximum absolute atomic E-state index is 12.0. The van der Waals surface area contributed by atoms with Crippen molar-refractivity contribution in [3.05, 3.63) is 32.6 Å². The molecule has 0 saturated carbocycles. The standard InChI is InChI=1S/C13H18N2O7/c1-13(2)21-8-7(5-17)20-11(9(8)22-13)15-3-6(4-16)10(18)14-12(15)19/h3,7-9,11,16-17H,4-5H2,1-2H3,(H,14,18,19)/t7-,8-,9-,11-/m1/s1. The van der Waals surface area contributed by atoms with Crippen molar-refractivity contribution in [2.45, 2.75) is 50.8 Å². The Bertz CT molecular complexity index is 680. The van der Waals surface area contributed by atoms with Gasteiger partial charge in [0.25, 0.3) is 5.56 Å². The highest BCUT2D eigenvalue weighted by molar-refractivity contribution is 5.05. The fraction of sp³-hybridized carbons (Fsp3) is 0.692. The SMILES string of the molecule is CC1(C)O[C@@H]2[C@H](O1)[C@@H](CO)O[C@H]2n1cc(CO)c(=O)[nH]c1=O. The van der Waals surface area contributed by atoms with E-state index in [9.17, 15) is 19.8 Å². The number of H-pyrrole nitrogens is 1. The van der Waals surface area contributed by atoms with Crippen LogP contribution in [0.1, 0.15) is 25.6 Å². The molecule has 2 saturated heterocycles. The molecule has 0 aliphatic carbocycles. The summed E-state index contributed by atoms with van der Waals surface area (Å²) in [5.74, 6) is -0.865. The summed E-state index contributed by atoms with van der Waals surface area (Å²) in [4.78, 5) is 25.7. The molecule has 0 unspecified atom stereocenters. The van der Waals surface area contributed by atoms with Crippen LogP contribution in [0.15, 0.2) is 15.8 Å². The Hall–Kier alpha value is -1.52. The first-order valence-corrected chi connectivity index (χ1v) is 6.93. The molecule has 0 aromatic carbocycles.